The predicted molar refractivity (Wildman–Crippen MR) is 145 cm³/mol. The number of amides is 1. The molecule has 0 fully saturated rings. The van der Waals surface area contributed by atoms with Gasteiger partial charge in [0.1, 0.15) is 5.82 Å². The minimum Gasteiger partial charge on any atom is -0.322 e. The van der Waals surface area contributed by atoms with Crippen molar-refractivity contribution in [3.05, 3.63) is 140 Å². The molecule has 7 heteroatoms. The van der Waals surface area contributed by atoms with Gasteiger partial charge in [0.2, 0.25) is 0 Å². The van der Waals surface area contributed by atoms with Gasteiger partial charge < -0.3 is 5.32 Å². The number of carbonyl (C=O) groups excluding carboxylic acids is 1. The summed E-state index contributed by atoms with van der Waals surface area (Å²) in [5.74, 6) is 0.344. The van der Waals surface area contributed by atoms with Crippen LogP contribution in [0.4, 0.5) is 5.69 Å². The molecule has 0 bridgehead atoms. The lowest BCUT2D eigenvalue weighted by Crippen LogP contribution is -2.26. The Kier molecular flexibility index (Phi) is 6.85. The molecule has 5 nitrogen and oxygen atoms in total. The Labute approximate surface area is 218 Å². The fourth-order valence-electron chi connectivity index (χ4n) is 4.03. The van der Waals surface area contributed by atoms with Crippen molar-refractivity contribution < 1.29 is 4.79 Å². The Morgan fingerprint density at radius 2 is 1.58 bits per heavy atom. The number of nitrogens with one attached hydrogen (secondary N) is 1. The number of benzene rings is 4. The lowest BCUT2D eigenvalue weighted by molar-refractivity contribution is 0.102. The van der Waals surface area contributed by atoms with Crippen molar-refractivity contribution in [1.29, 1.82) is 0 Å². The zero-order valence-corrected chi connectivity index (χ0v) is 20.6. The molecular weight excluding hydrogens is 493 g/mol. The highest BCUT2D eigenvalue weighted by atomic mass is 35.5. The number of rotatable bonds is 6. The normalized spacial score (nSPS) is 10.9. The monoisotopic (exact) mass is 513 g/mol. The van der Waals surface area contributed by atoms with Crippen LogP contribution >= 0.6 is 23.2 Å². The Bertz CT molecular complexity index is 1610. The van der Waals surface area contributed by atoms with Gasteiger partial charge in [0.15, 0.2) is 0 Å². The van der Waals surface area contributed by atoms with Crippen LogP contribution in [-0.4, -0.2) is 15.5 Å². The van der Waals surface area contributed by atoms with Gasteiger partial charge >= 0.3 is 0 Å². The first kappa shape index (κ1) is 23.8. The zero-order chi connectivity index (χ0) is 25.1. The van der Waals surface area contributed by atoms with E-state index in [1.54, 1.807) is 59.2 Å². The molecule has 0 atom stereocenters. The van der Waals surface area contributed by atoms with Gasteiger partial charge in [0.05, 0.1) is 17.4 Å². The second-order valence-corrected chi connectivity index (χ2v) is 9.28. The topological polar surface area (TPSA) is 64.0 Å². The van der Waals surface area contributed by atoms with Crippen LogP contribution in [-0.2, 0) is 13.0 Å². The van der Waals surface area contributed by atoms with Crippen molar-refractivity contribution in [2.45, 2.75) is 13.0 Å². The van der Waals surface area contributed by atoms with Crippen LogP contribution in [0.2, 0.25) is 10.0 Å². The molecule has 1 heterocycles. The average Bonchev–Trinajstić information content (AvgIpc) is 2.88. The number of aromatic nitrogens is 2. The lowest BCUT2D eigenvalue weighted by atomic mass is 10.1. The molecule has 1 amide bonds. The highest BCUT2D eigenvalue weighted by Crippen LogP contribution is 2.20. The summed E-state index contributed by atoms with van der Waals surface area (Å²) in [6.07, 6.45) is 0.507. The molecule has 0 aliphatic heterocycles. The van der Waals surface area contributed by atoms with Crippen molar-refractivity contribution >= 4 is 45.7 Å². The largest absolute Gasteiger partial charge is 0.322 e. The van der Waals surface area contributed by atoms with E-state index in [1.807, 2.05) is 42.5 Å². The minimum atomic E-state index is -0.313. The van der Waals surface area contributed by atoms with Crippen molar-refractivity contribution in [2.75, 3.05) is 5.32 Å². The summed E-state index contributed by atoms with van der Waals surface area (Å²) < 4.78 is 1.68. The summed E-state index contributed by atoms with van der Waals surface area (Å²) in [6, 6.07) is 29.2. The molecule has 4 aromatic carbocycles. The van der Waals surface area contributed by atoms with Gasteiger partial charge in [-0.25, -0.2) is 4.98 Å². The van der Waals surface area contributed by atoms with E-state index in [2.05, 4.69) is 5.32 Å². The maximum atomic E-state index is 13.7. The third kappa shape index (κ3) is 5.33. The highest BCUT2D eigenvalue weighted by Gasteiger charge is 2.14. The number of fused-ring (bicyclic) bond motifs is 1. The van der Waals surface area contributed by atoms with E-state index in [9.17, 15) is 9.59 Å². The number of hydrogen-bond acceptors (Lipinski definition) is 3. The Balaban J connectivity index is 1.55. The third-order valence-electron chi connectivity index (χ3n) is 5.84. The van der Waals surface area contributed by atoms with Gasteiger partial charge in [-0.3, -0.25) is 14.2 Å². The molecule has 0 spiro atoms. The zero-order valence-electron chi connectivity index (χ0n) is 19.1. The summed E-state index contributed by atoms with van der Waals surface area (Å²) in [6.45, 7) is 0.347. The first-order chi connectivity index (χ1) is 17.5. The predicted octanol–water partition coefficient (Wildman–Crippen LogP) is 6.59. The van der Waals surface area contributed by atoms with Crippen LogP contribution in [0.15, 0.2) is 102 Å². The fourth-order valence-corrected chi connectivity index (χ4v) is 4.34. The van der Waals surface area contributed by atoms with Crippen LogP contribution in [0.25, 0.3) is 10.9 Å². The first-order valence-corrected chi connectivity index (χ1v) is 12.1. The summed E-state index contributed by atoms with van der Waals surface area (Å²) >= 11 is 12.1. The van der Waals surface area contributed by atoms with Gasteiger partial charge in [0, 0.05) is 27.7 Å². The molecule has 5 aromatic rings. The van der Waals surface area contributed by atoms with E-state index in [1.165, 1.54) is 0 Å². The summed E-state index contributed by atoms with van der Waals surface area (Å²) in [7, 11) is 0. The number of anilines is 1. The third-order valence-corrected chi connectivity index (χ3v) is 6.32. The molecule has 1 aromatic heterocycles. The van der Waals surface area contributed by atoms with Gasteiger partial charge in [-0.05, 0) is 59.7 Å². The van der Waals surface area contributed by atoms with Crippen LogP contribution < -0.4 is 10.9 Å². The molecule has 36 heavy (non-hydrogen) atoms. The van der Waals surface area contributed by atoms with Crippen molar-refractivity contribution in [3.8, 4) is 0 Å². The minimum absolute atomic E-state index is 0.181. The second-order valence-electron chi connectivity index (χ2n) is 8.40. The van der Waals surface area contributed by atoms with Gasteiger partial charge in [-0.2, -0.15) is 0 Å². The standard InChI is InChI=1S/C29H21Cl2N3O2/c30-22-11-9-20(10-12-22)18-34-27(15-19-5-2-1-3-6-19)33-26-14-13-24(17-25(26)29(34)36)32-28(35)21-7-4-8-23(31)16-21/h1-14,16-17H,15,18H2,(H,32,35). The smallest absolute Gasteiger partial charge is 0.261 e. The molecule has 178 valence electrons. The molecule has 0 saturated carbocycles. The van der Waals surface area contributed by atoms with Crippen LogP contribution in [0, 0.1) is 0 Å². The molecular formula is C29H21Cl2N3O2. The van der Waals surface area contributed by atoms with Gasteiger partial charge in [0.25, 0.3) is 11.5 Å². The van der Waals surface area contributed by atoms with Crippen molar-refractivity contribution in [2.24, 2.45) is 0 Å². The van der Waals surface area contributed by atoms with Crippen LogP contribution in [0.3, 0.4) is 0 Å². The van der Waals surface area contributed by atoms with E-state index in [4.69, 9.17) is 28.2 Å². The molecule has 1 N–H and O–H groups in total. The van der Waals surface area contributed by atoms with Gasteiger partial charge in [-0.1, -0.05) is 71.7 Å². The van der Waals surface area contributed by atoms with E-state index >= 15 is 0 Å². The molecule has 0 saturated heterocycles. The quantitative estimate of drug-likeness (QED) is 0.278. The van der Waals surface area contributed by atoms with E-state index in [-0.39, 0.29) is 11.5 Å². The van der Waals surface area contributed by atoms with E-state index in [0.717, 1.165) is 11.1 Å². The molecule has 0 radical (unpaired) electrons. The lowest BCUT2D eigenvalue weighted by Gasteiger charge is -2.15. The van der Waals surface area contributed by atoms with E-state index < -0.39 is 0 Å². The fraction of sp³-hybridized carbons (Fsp3) is 0.0690. The maximum absolute atomic E-state index is 13.7. The molecule has 5 rings (SSSR count). The number of halogens is 2. The summed E-state index contributed by atoms with van der Waals surface area (Å²) in [4.78, 5) is 31.3. The molecule has 0 aliphatic carbocycles. The average molecular weight is 514 g/mol. The SMILES string of the molecule is O=C(Nc1ccc2nc(Cc3ccccc3)n(Cc3ccc(Cl)cc3)c(=O)c2c1)c1cccc(Cl)c1. The second kappa shape index (κ2) is 10.4. The molecule has 0 unspecified atom stereocenters. The highest BCUT2D eigenvalue weighted by molar-refractivity contribution is 6.31. The summed E-state index contributed by atoms with van der Waals surface area (Å²) in [5, 5.41) is 4.37. The Hall–Kier alpha value is -3.93. The maximum Gasteiger partial charge on any atom is 0.261 e. The number of hydrogen-bond donors (Lipinski definition) is 1. The van der Waals surface area contributed by atoms with Crippen LogP contribution in [0.5, 0.6) is 0 Å². The van der Waals surface area contributed by atoms with Crippen molar-refractivity contribution in [3.63, 3.8) is 0 Å². The Morgan fingerprint density at radius 1 is 0.806 bits per heavy atom. The van der Waals surface area contributed by atoms with E-state index in [0.29, 0.717) is 51.0 Å². The Morgan fingerprint density at radius 3 is 2.33 bits per heavy atom. The first-order valence-electron chi connectivity index (χ1n) is 11.3. The molecule has 0 aliphatic rings. The van der Waals surface area contributed by atoms with Crippen LogP contribution in [0.1, 0.15) is 27.3 Å². The number of carbonyl (C=O) groups is 1. The van der Waals surface area contributed by atoms with Gasteiger partial charge in [-0.15, -0.1) is 0 Å². The van der Waals surface area contributed by atoms with Crippen molar-refractivity contribution in [1.82, 2.24) is 9.55 Å². The summed E-state index contributed by atoms with van der Waals surface area (Å²) in [5.41, 5.74) is 3.31. The number of nitrogens with zero attached hydrogens (tertiary/aromatic N) is 2.